The van der Waals surface area contributed by atoms with Crippen LogP contribution in [0.1, 0.15) is 39.5 Å². The second-order valence-electron chi connectivity index (χ2n) is 5.76. The van der Waals surface area contributed by atoms with Crippen LogP contribution in [-0.4, -0.2) is 18.3 Å². The molecule has 2 aliphatic carbocycles. The molecule has 2 nitrogen and oxygen atoms in total. The molecule has 2 heteroatoms. The molecular formula is C12H23NO. The van der Waals surface area contributed by atoms with Gasteiger partial charge in [0.1, 0.15) is 0 Å². The maximum absolute atomic E-state index is 9.48. The van der Waals surface area contributed by atoms with Gasteiger partial charge in [0.25, 0.3) is 0 Å². The van der Waals surface area contributed by atoms with E-state index >= 15 is 0 Å². The highest BCUT2D eigenvalue weighted by Gasteiger charge is 2.68. The molecule has 0 aromatic rings. The van der Waals surface area contributed by atoms with Crippen molar-refractivity contribution >= 4 is 0 Å². The van der Waals surface area contributed by atoms with E-state index in [1.807, 2.05) is 0 Å². The minimum absolute atomic E-state index is 0.0898. The minimum atomic E-state index is 0.0898. The maximum Gasteiger partial charge on any atom is 0.0505 e. The van der Waals surface area contributed by atoms with E-state index in [0.29, 0.717) is 18.6 Å². The summed E-state index contributed by atoms with van der Waals surface area (Å²) in [5.41, 5.74) is 6.32. The van der Waals surface area contributed by atoms with Gasteiger partial charge in [-0.1, -0.05) is 20.3 Å². The van der Waals surface area contributed by atoms with Crippen LogP contribution >= 0.6 is 0 Å². The van der Waals surface area contributed by atoms with E-state index in [-0.39, 0.29) is 5.41 Å². The summed E-state index contributed by atoms with van der Waals surface area (Å²) in [5.74, 6) is 1.62. The second-order valence-corrected chi connectivity index (χ2v) is 5.76. The van der Waals surface area contributed by atoms with Crippen molar-refractivity contribution < 1.29 is 5.11 Å². The van der Waals surface area contributed by atoms with Gasteiger partial charge in [-0.15, -0.1) is 0 Å². The summed E-state index contributed by atoms with van der Waals surface area (Å²) in [5, 5.41) is 9.48. The molecule has 0 aromatic carbocycles. The van der Waals surface area contributed by atoms with E-state index in [0.717, 1.165) is 11.8 Å². The van der Waals surface area contributed by atoms with Gasteiger partial charge in [-0.3, -0.25) is 0 Å². The molecule has 0 radical (unpaired) electrons. The maximum atomic E-state index is 9.48. The number of rotatable bonds is 2. The molecule has 0 bridgehead atoms. The average molecular weight is 197 g/mol. The molecule has 2 saturated carbocycles. The van der Waals surface area contributed by atoms with Crippen LogP contribution in [0.2, 0.25) is 0 Å². The SMILES string of the molecule is CC1CCC2(CC2(CN)CO)C(C)C1. The Morgan fingerprint density at radius 1 is 1.43 bits per heavy atom. The Balaban J connectivity index is 2.12. The standard InChI is InChI=1S/C12H23NO/c1-9-3-4-12(10(2)5-9)6-11(12,7-13)8-14/h9-10,14H,3-8,13H2,1-2H3. The first-order chi connectivity index (χ1) is 6.60. The minimum Gasteiger partial charge on any atom is -0.396 e. The zero-order chi connectivity index (χ0) is 10.4. The molecule has 2 fully saturated rings. The number of hydrogen-bond acceptors (Lipinski definition) is 2. The Hall–Kier alpha value is -0.0800. The van der Waals surface area contributed by atoms with E-state index in [1.54, 1.807) is 0 Å². The number of nitrogens with two attached hydrogens (primary N) is 1. The van der Waals surface area contributed by atoms with Crippen LogP contribution < -0.4 is 5.73 Å². The zero-order valence-electron chi connectivity index (χ0n) is 9.42. The molecule has 0 aromatic heterocycles. The highest BCUT2D eigenvalue weighted by Crippen LogP contribution is 2.72. The highest BCUT2D eigenvalue weighted by molar-refractivity contribution is 5.17. The molecule has 0 aliphatic heterocycles. The molecule has 0 saturated heterocycles. The molecule has 1 spiro atoms. The predicted octanol–water partition coefficient (Wildman–Crippen LogP) is 1.77. The van der Waals surface area contributed by atoms with Crippen LogP contribution in [0.4, 0.5) is 0 Å². The number of aliphatic hydroxyl groups is 1. The van der Waals surface area contributed by atoms with Gasteiger partial charge in [-0.25, -0.2) is 0 Å². The fourth-order valence-corrected chi connectivity index (χ4v) is 3.86. The van der Waals surface area contributed by atoms with E-state index in [9.17, 15) is 5.11 Å². The van der Waals surface area contributed by atoms with Gasteiger partial charge in [-0.05, 0) is 36.5 Å². The lowest BCUT2D eigenvalue weighted by Crippen LogP contribution is -2.34. The van der Waals surface area contributed by atoms with Gasteiger partial charge in [0.15, 0.2) is 0 Å². The molecule has 14 heavy (non-hydrogen) atoms. The van der Waals surface area contributed by atoms with Crippen molar-refractivity contribution in [3.05, 3.63) is 0 Å². The fourth-order valence-electron chi connectivity index (χ4n) is 3.86. The van der Waals surface area contributed by atoms with Crippen molar-refractivity contribution in [2.75, 3.05) is 13.2 Å². The molecule has 0 amide bonds. The molecule has 2 rings (SSSR count). The summed E-state index contributed by atoms with van der Waals surface area (Å²) in [4.78, 5) is 0. The van der Waals surface area contributed by atoms with Crippen molar-refractivity contribution in [2.45, 2.75) is 39.5 Å². The monoisotopic (exact) mass is 197 g/mol. The molecular weight excluding hydrogens is 174 g/mol. The highest BCUT2D eigenvalue weighted by atomic mass is 16.3. The third-order valence-corrected chi connectivity index (χ3v) is 5.06. The lowest BCUT2D eigenvalue weighted by molar-refractivity contribution is 0.0960. The number of hydrogen-bond donors (Lipinski definition) is 2. The molecule has 4 unspecified atom stereocenters. The van der Waals surface area contributed by atoms with Gasteiger partial charge < -0.3 is 10.8 Å². The molecule has 82 valence electrons. The van der Waals surface area contributed by atoms with E-state index < -0.39 is 0 Å². The third kappa shape index (κ3) is 1.17. The summed E-state index contributed by atoms with van der Waals surface area (Å²) >= 11 is 0. The first-order valence-electron chi connectivity index (χ1n) is 5.91. The number of aliphatic hydroxyl groups excluding tert-OH is 1. The summed E-state index contributed by atoms with van der Waals surface area (Å²) < 4.78 is 0. The van der Waals surface area contributed by atoms with Crippen LogP contribution in [0.3, 0.4) is 0 Å². The summed E-state index contributed by atoms with van der Waals surface area (Å²) in [6.07, 6.45) is 5.10. The quantitative estimate of drug-likeness (QED) is 0.708. The lowest BCUT2D eigenvalue weighted by atomic mass is 9.69. The van der Waals surface area contributed by atoms with Crippen molar-refractivity contribution in [3.8, 4) is 0 Å². The summed E-state index contributed by atoms with van der Waals surface area (Å²) in [6.45, 7) is 5.65. The molecule has 0 heterocycles. The van der Waals surface area contributed by atoms with E-state index in [4.69, 9.17) is 5.73 Å². The largest absolute Gasteiger partial charge is 0.396 e. The Morgan fingerprint density at radius 3 is 2.57 bits per heavy atom. The van der Waals surface area contributed by atoms with Crippen LogP contribution in [0.15, 0.2) is 0 Å². The Morgan fingerprint density at radius 2 is 2.14 bits per heavy atom. The smallest absolute Gasteiger partial charge is 0.0505 e. The van der Waals surface area contributed by atoms with Gasteiger partial charge in [0.05, 0.1) is 6.61 Å². The predicted molar refractivity (Wildman–Crippen MR) is 57.8 cm³/mol. The Bertz CT molecular complexity index is 224. The molecule has 2 aliphatic rings. The van der Waals surface area contributed by atoms with Gasteiger partial charge in [0, 0.05) is 12.0 Å². The molecule has 4 atom stereocenters. The Kier molecular flexibility index (Phi) is 2.39. The van der Waals surface area contributed by atoms with Gasteiger partial charge >= 0.3 is 0 Å². The zero-order valence-corrected chi connectivity index (χ0v) is 9.42. The van der Waals surface area contributed by atoms with Crippen molar-refractivity contribution in [2.24, 2.45) is 28.4 Å². The van der Waals surface area contributed by atoms with E-state index in [2.05, 4.69) is 13.8 Å². The van der Waals surface area contributed by atoms with E-state index in [1.165, 1.54) is 25.7 Å². The van der Waals surface area contributed by atoms with Gasteiger partial charge in [-0.2, -0.15) is 0 Å². The van der Waals surface area contributed by atoms with Crippen LogP contribution in [0, 0.1) is 22.7 Å². The van der Waals surface area contributed by atoms with Crippen molar-refractivity contribution in [3.63, 3.8) is 0 Å². The molecule has 3 N–H and O–H groups in total. The average Bonchev–Trinajstić information content (AvgIpc) is 2.83. The lowest BCUT2D eigenvalue weighted by Gasteiger charge is -2.37. The van der Waals surface area contributed by atoms with Crippen LogP contribution in [0.25, 0.3) is 0 Å². The summed E-state index contributed by atoms with van der Waals surface area (Å²) in [7, 11) is 0. The second kappa shape index (κ2) is 3.21. The first kappa shape index (κ1) is 10.4. The third-order valence-electron chi connectivity index (χ3n) is 5.06. The normalized spacial score (nSPS) is 52.3. The fraction of sp³-hybridized carbons (Fsp3) is 1.00. The van der Waals surface area contributed by atoms with Crippen LogP contribution in [-0.2, 0) is 0 Å². The van der Waals surface area contributed by atoms with Gasteiger partial charge in [0.2, 0.25) is 0 Å². The summed E-state index contributed by atoms with van der Waals surface area (Å²) in [6, 6.07) is 0. The topological polar surface area (TPSA) is 46.2 Å². The first-order valence-corrected chi connectivity index (χ1v) is 5.91. The Labute approximate surface area is 86.9 Å². The van der Waals surface area contributed by atoms with Crippen molar-refractivity contribution in [1.82, 2.24) is 0 Å². The van der Waals surface area contributed by atoms with Crippen LogP contribution in [0.5, 0.6) is 0 Å². The van der Waals surface area contributed by atoms with Crippen molar-refractivity contribution in [1.29, 1.82) is 0 Å².